The van der Waals surface area contributed by atoms with Crippen LogP contribution in [0, 0.1) is 19.8 Å². The summed E-state index contributed by atoms with van der Waals surface area (Å²) >= 11 is 1.70. The van der Waals surface area contributed by atoms with Crippen molar-refractivity contribution in [3.8, 4) is 0 Å². The minimum Gasteiger partial charge on any atom is -0.352 e. The highest BCUT2D eigenvalue weighted by molar-refractivity contribution is 7.12. The number of rotatable bonds is 4. The van der Waals surface area contributed by atoms with Gasteiger partial charge in [0.05, 0.1) is 5.56 Å². The molecule has 1 N–H and O–H groups in total. The lowest BCUT2D eigenvalue weighted by Gasteiger charge is -2.15. The van der Waals surface area contributed by atoms with E-state index in [2.05, 4.69) is 17.1 Å². The van der Waals surface area contributed by atoms with E-state index in [9.17, 15) is 4.79 Å². The molecule has 0 bridgehead atoms. The second kappa shape index (κ2) is 5.25. The molecule has 0 radical (unpaired) electrons. The van der Waals surface area contributed by atoms with E-state index in [1.807, 2.05) is 13.0 Å². The molecule has 0 spiro atoms. The van der Waals surface area contributed by atoms with E-state index >= 15 is 0 Å². The van der Waals surface area contributed by atoms with E-state index in [4.69, 9.17) is 0 Å². The Morgan fingerprint density at radius 2 is 2.21 bits per heavy atom. The van der Waals surface area contributed by atoms with Gasteiger partial charge in [0.25, 0.3) is 5.91 Å². The van der Waals surface area contributed by atoms with Gasteiger partial charge in [0, 0.05) is 28.9 Å². The molecule has 1 saturated carbocycles. The zero-order chi connectivity index (χ0) is 13.4. The molecule has 1 aromatic rings. The minimum atomic E-state index is 0.103. The van der Waals surface area contributed by atoms with Gasteiger partial charge < -0.3 is 10.2 Å². The van der Waals surface area contributed by atoms with Gasteiger partial charge in [-0.1, -0.05) is 0 Å². The van der Waals surface area contributed by atoms with Crippen LogP contribution in [-0.4, -0.2) is 36.5 Å². The molecule has 104 valence electrons. The number of likely N-dealkylation sites (tertiary alicyclic amines) is 1. The van der Waals surface area contributed by atoms with E-state index in [1.165, 1.54) is 37.2 Å². The summed E-state index contributed by atoms with van der Waals surface area (Å²) in [7, 11) is 0. The lowest BCUT2D eigenvalue weighted by Crippen LogP contribution is -2.31. The van der Waals surface area contributed by atoms with Crippen molar-refractivity contribution in [2.45, 2.75) is 39.2 Å². The molecule has 2 heterocycles. The van der Waals surface area contributed by atoms with Gasteiger partial charge in [-0.2, -0.15) is 0 Å². The maximum Gasteiger partial charge on any atom is 0.252 e. The number of nitrogens with zero attached hydrogens (tertiary/aromatic N) is 1. The summed E-state index contributed by atoms with van der Waals surface area (Å²) in [5, 5.41) is 3.12. The van der Waals surface area contributed by atoms with Crippen molar-refractivity contribution in [3.63, 3.8) is 0 Å². The summed E-state index contributed by atoms with van der Waals surface area (Å²) in [4.78, 5) is 17.1. The van der Waals surface area contributed by atoms with Crippen LogP contribution in [0.4, 0.5) is 0 Å². The monoisotopic (exact) mass is 278 g/mol. The molecule has 1 unspecified atom stereocenters. The van der Waals surface area contributed by atoms with Crippen molar-refractivity contribution in [1.82, 2.24) is 10.2 Å². The highest BCUT2D eigenvalue weighted by atomic mass is 32.1. The fourth-order valence-electron chi connectivity index (χ4n) is 2.99. The van der Waals surface area contributed by atoms with Crippen LogP contribution in [0.2, 0.25) is 0 Å². The summed E-state index contributed by atoms with van der Waals surface area (Å²) < 4.78 is 0. The van der Waals surface area contributed by atoms with E-state index in [0.29, 0.717) is 5.92 Å². The first-order chi connectivity index (χ1) is 9.13. The number of aryl methyl sites for hydroxylation is 2. The van der Waals surface area contributed by atoms with Crippen molar-refractivity contribution in [2.24, 2.45) is 5.92 Å². The largest absolute Gasteiger partial charge is 0.352 e. The average Bonchev–Trinajstić information content (AvgIpc) is 3.02. The second-order valence-electron chi connectivity index (χ2n) is 5.92. The first-order valence-corrected chi connectivity index (χ1v) is 8.04. The first kappa shape index (κ1) is 13.1. The van der Waals surface area contributed by atoms with Gasteiger partial charge in [-0.15, -0.1) is 11.3 Å². The molecule has 1 aliphatic carbocycles. The Hall–Kier alpha value is -0.870. The van der Waals surface area contributed by atoms with Gasteiger partial charge in [-0.05, 0) is 51.6 Å². The summed E-state index contributed by atoms with van der Waals surface area (Å²) in [6.07, 6.45) is 4.00. The van der Waals surface area contributed by atoms with Crippen LogP contribution < -0.4 is 5.32 Å². The lowest BCUT2D eigenvalue weighted by molar-refractivity contribution is 0.0947. The van der Waals surface area contributed by atoms with Crippen LogP contribution in [-0.2, 0) is 0 Å². The number of hydrogen-bond donors (Lipinski definition) is 1. The third-order valence-corrected chi connectivity index (χ3v) is 5.18. The lowest BCUT2D eigenvalue weighted by atomic mass is 10.1. The van der Waals surface area contributed by atoms with E-state index in [-0.39, 0.29) is 5.91 Å². The Kier molecular flexibility index (Phi) is 3.63. The Labute approximate surface area is 119 Å². The molecule has 4 heteroatoms. The number of hydrogen-bond acceptors (Lipinski definition) is 3. The van der Waals surface area contributed by atoms with Crippen molar-refractivity contribution >= 4 is 17.2 Å². The highest BCUT2D eigenvalue weighted by Crippen LogP contribution is 2.31. The minimum absolute atomic E-state index is 0.103. The Balaban J connectivity index is 1.49. The van der Waals surface area contributed by atoms with Crippen LogP contribution in [0.15, 0.2) is 6.07 Å². The molecule has 3 rings (SSSR count). The fraction of sp³-hybridized carbons (Fsp3) is 0.667. The molecule has 2 aliphatic rings. The topological polar surface area (TPSA) is 32.3 Å². The number of nitrogens with one attached hydrogen (secondary N) is 1. The molecule has 1 saturated heterocycles. The van der Waals surface area contributed by atoms with Gasteiger partial charge in [0.15, 0.2) is 0 Å². The maximum atomic E-state index is 12.1. The predicted octanol–water partition coefficient (Wildman–Crippen LogP) is 2.58. The number of amides is 1. The van der Waals surface area contributed by atoms with E-state index in [0.717, 1.165) is 23.0 Å². The van der Waals surface area contributed by atoms with E-state index in [1.54, 1.807) is 11.3 Å². The molecule has 1 atom stereocenters. The van der Waals surface area contributed by atoms with Crippen molar-refractivity contribution in [2.75, 3.05) is 19.6 Å². The van der Waals surface area contributed by atoms with Crippen molar-refractivity contribution in [1.29, 1.82) is 0 Å². The van der Waals surface area contributed by atoms with Gasteiger partial charge in [0.1, 0.15) is 0 Å². The first-order valence-electron chi connectivity index (χ1n) is 7.23. The summed E-state index contributed by atoms with van der Waals surface area (Å²) in [6, 6.07) is 2.86. The maximum absolute atomic E-state index is 12.1. The molecule has 19 heavy (non-hydrogen) atoms. The van der Waals surface area contributed by atoms with Crippen LogP contribution in [0.5, 0.6) is 0 Å². The van der Waals surface area contributed by atoms with Gasteiger partial charge >= 0.3 is 0 Å². The van der Waals surface area contributed by atoms with Crippen LogP contribution >= 0.6 is 11.3 Å². The van der Waals surface area contributed by atoms with Crippen LogP contribution in [0.25, 0.3) is 0 Å². The highest BCUT2D eigenvalue weighted by Gasteiger charge is 2.34. The smallest absolute Gasteiger partial charge is 0.252 e. The number of carbonyl (C=O) groups is 1. The number of thiophene rings is 1. The number of carbonyl (C=O) groups excluding carboxylic acids is 1. The summed E-state index contributed by atoms with van der Waals surface area (Å²) in [5.41, 5.74) is 0.861. The van der Waals surface area contributed by atoms with Crippen LogP contribution in [0.1, 0.15) is 39.4 Å². The fourth-order valence-corrected chi connectivity index (χ4v) is 3.91. The Bertz CT molecular complexity index is 478. The van der Waals surface area contributed by atoms with E-state index < -0.39 is 0 Å². The molecule has 1 aliphatic heterocycles. The standard InChI is InChI=1S/C15H22N2OS/c1-10-7-14(11(2)19-10)15(18)16-8-12-5-6-17(9-12)13-3-4-13/h7,12-13H,3-6,8-9H2,1-2H3,(H,16,18). The third kappa shape index (κ3) is 3.00. The van der Waals surface area contributed by atoms with Gasteiger partial charge in [0.2, 0.25) is 0 Å². The zero-order valence-corrected chi connectivity index (χ0v) is 12.6. The summed E-state index contributed by atoms with van der Waals surface area (Å²) in [6.45, 7) is 7.31. The van der Waals surface area contributed by atoms with Gasteiger partial charge in [-0.25, -0.2) is 0 Å². The average molecular weight is 278 g/mol. The molecule has 1 amide bonds. The molecular formula is C15H22N2OS. The van der Waals surface area contributed by atoms with Gasteiger partial charge in [-0.3, -0.25) is 4.79 Å². The molecular weight excluding hydrogens is 256 g/mol. The SMILES string of the molecule is Cc1cc(C(=O)NCC2CCN(C3CC3)C2)c(C)s1. The van der Waals surface area contributed by atoms with Crippen molar-refractivity contribution in [3.05, 3.63) is 21.4 Å². The second-order valence-corrected chi connectivity index (χ2v) is 7.38. The predicted molar refractivity (Wildman–Crippen MR) is 78.8 cm³/mol. The Morgan fingerprint density at radius 1 is 1.42 bits per heavy atom. The normalized spacial score (nSPS) is 23.8. The Morgan fingerprint density at radius 3 is 2.84 bits per heavy atom. The molecule has 0 aromatic carbocycles. The quantitative estimate of drug-likeness (QED) is 0.918. The summed E-state index contributed by atoms with van der Waals surface area (Å²) in [5.74, 6) is 0.747. The zero-order valence-electron chi connectivity index (χ0n) is 11.7. The molecule has 1 aromatic heterocycles. The van der Waals surface area contributed by atoms with Crippen molar-refractivity contribution < 1.29 is 4.79 Å². The molecule has 2 fully saturated rings. The third-order valence-electron chi connectivity index (χ3n) is 4.22. The molecule has 3 nitrogen and oxygen atoms in total. The van der Waals surface area contributed by atoms with Crippen LogP contribution in [0.3, 0.4) is 0 Å².